The zero-order valence-corrected chi connectivity index (χ0v) is 11.8. The molecule has 2 aliphatic heterocycles. The molecular formula is C12H14FN3O4S. The van der Waals surface area contributed by atoms with E-state index in [4.69, 9.17) is 0 Å². The summed E-state index contributed by atoms with van der Waals surface area (Å²) in [6.07, 6.45) is 0.764. The Balaban J connectivity index is 1.99. The van der Waals surface area contributed by atoms with Crippen LogP contribution in [0.2, 0.25) is 0 Å². The van der Waals surface area contributed by atoms with Crippen molar-refractivity contribution < 1.29 is 17.7 Å². The van der Waals surface area contributed by atoms with Gasteiger partial charge >= 0.3 is 5.69 Å². The van der Waals surface area contributed by atoms with E-state index in [1.165, 1.54) is 4.31 Å². The number of rotatable bonds is 3. The molecule has 1 N–H and O–H groups in total. The molecule has 3 rings (SSSR count). The van der Waals surface area contributed by atoms with Gasteiger partial charge in [0.25, 0.3) is 0 Å². The van der Waals surface area contributed by atoms with E-state index in [2.05, 4.69) is 5.32 Å². The van der Waals surface area contributed by atoms with Crippen molar-refractivity contribution in [2.45, 2.75) is 17.4 Å². The molecular weight excluding hydrogens is 301 g/mol. The number of nitrogens with one attached hydrogen (secondary N) is 1. The van der Waals surface area contributed by atoms with Gasteiger partial charge in [0, 0.05) is 25.2 Å². The van der Waals surface area contributed by atoms with Crippen LogP contribution in [0.3, 0.4) is 0 Å². The monoisotopic (exact) mass is 315 g/mol. The third kappa shape index (κ3) is 2.30. The minimum Gasteiger partial charge on any atom is -0.315 e. The van der Waals surface area contributed by atoms with E-state index < -0.39 is 26.5 Å². The molecule has 1 aromatic rings. The third-order valence-corrected chi connectivity index (χ3v) is 6.04. The van der Waals surface area contributed by atoms with Crippen LogP contribution in [0.5, 0.6) is 0 Å². The van der Waals surface area contributed by atoms with Crippen molar-refractivity contribution in [3.63, 3.8) is 0 Å². The normalized spacial score (nSPS) is 26.0. The largest absolute Gasteiger partial charge is 0.315 e. The minimum atomic E-state index is -3.84. The van der Waals surface area contributed by atoms with Crippen LogP contribution in [0.4, 0.5) is 10.1 Å². The highest BCUT2D eigenvalue weighted by Gasteiger charge is 2.44. The lowest BCUT2D eigenvalue weighted by Crippen LogP contribution is -2.39. The summed E-state index contributed by atoms with van der Waals surface area (Å²) in [6, 6.07) is 2.57. The van der Waals surface area contributed by atoms with Gasteiger partial charge in [0.2, 0.25) is 15.8 Å². The molecule has 0 saturated carbocycles. The molecule has 0 bridgehead atoms. The van der Waals surface area contributed by atoms with E-state index in [1.807, 2.05) is 0 Å². The van der Waals surface area contributed by atoms with Crippen molar-refractivity contribution in [1.29, 1.82) is 0 Å². The molecule has 2 heterocycles. The fourth-order valence-corrected chi connectivity index (χ4v) is 4.76. The van der Waals surface area contributed by atoms with Gasteiger partial charge in [-0.2, -0.15) is 8.70 Å². The summed E-state index contributed by atoms with van der Waals surface area (Å²) in [5.74, 6) is -0.768. The predicted molar refractivity (Wildman–Crippen MR) is 71.7 cm³/mol. The zero-order valence-electron chi connectivity index (χ0n) is 11.0. The van der Waals surface area contributed by atoms with Crippen LogP contribution in [0.25, 0.3) is 0 Å². The van der Waals surface area contributed by atoms with Crippen LogP contribution >= 0.6 is 0 Å². The van der Waals surface area contributed by atoms with E-state index in [9.17, 15) is 22.9 Å². The van der Waals surface area contributed by atoms with E-state index in [1.54, 1.807) is 0 Å². The maximum atomic E-state index is 13.3. The van der Waals surface area contributed by atoms with Gasteiger partial charge in [-0.1, -0.05) is 0 Å². The fourth-order valence-electron chi connectivity index (χ4n) is 3.04. The number of nitro benzene ring substituents is 1. The molecule has 0 aromatic heterocycles. The Morgan fingerprint density at radius 1 is 1.38 bits per heavy atom. The summed E-state index contributed by atoms with van der Waals surface area (Å²) in [4.78, 5) is 9.60. The molecule has 2 atom stereocenters. The molecule has 114 valence electrons. The van der Waals surface area contributed by atoms with E-state index in [0.29, 0.717) is 13.1 Å². The SMILES string of the molecule is O=[N+]([O-])c1cc(S(=O)(=O)N2CC[C@H]3CNC[C@H]32)ccc1F. The van der Waals surface area contributed by atoms with E-state index >= 15 is 0 Å². The van der Waals surface area contributed by atoms with Gasteiger partial charge in [0.1, 0.15) is 0 Å². The first-order valence-electron chi connectivity index (χ1n) is 6.58. The van der Waals surface area contributed by atoms with Crippen molar-refractivity contribution in [2.75, 3.05) is 19.6 Å². The van der Waals surface area contributed by atoms with Crippen LogP contribution in [0.15, 0.2) is 23.1 Å². The number of hydrogen-bond donors (Lipinski definition) is 1. The Bertz CT molecular complexity index is 694. The second-order valence-electron chi connectivity index (χ2n) is 5.26. The highest BCUT2D eigenvalue weighted by Crippen LogP contribution is 2.33. The molecule has 0 radical (unpaired) electrons. The average molecular weight is 315 g/mol. The minimum absolute atomic E-state index is 0.126. The number of halogens is 1. The second kappa shape index (κ2) is 5.00. The molecule has 2 saturated heterocycles. The molecule has 2 aliphatic rings. The lowest BCUT2D eigenvalue weighted by molar-refractivity contribution is -0.387. The topological polar surface area (TPSA) is 92.5 Å². The van der Waals surface area contributed by atoms with Gasteiger partial charge in [0.15, 0.2) is 0 Å². The van der Waals surface area contributed by atoms with Crippen molar-refractivity contribution in [2.24, 2.45) is 5.92 Å². The van der Waals surface area contributed by atoms with Crippen LogP contribution < -0.4 is 5.32 Å². The molecule has 0 aliphatic carbocycles. The summed E-state index contributed by atoms with van der Waals surface area (Å²) in [5, 5.41) is 13.9. The molecule has 0 spiro atoms. The maximum Gasteiger partial charge on any atom is 0.306 e. The molecule has 1 aromatic carbocycles. The summed E-state index contributed by atoms with van der Waals surface area (Å²) >= 11 is 0. The molecule has 0 unspecified atom stereocenters. The van der Waals surface area contributed by atoms with Crippen LogP contribution in [-0.4, -0.2) is 43.3 Å². The first-order valence-corrected chi connectivity index (χ1v) is 8.02. The first kappa shape index (κ1) is 14.4. The Kier molecular flexibility index (Phi) is 3.42. The molecule has 7 nitrogen and oxygen atoms in total. The lowest BCUT2D eigenvalue weighted by Gasteiger charge is -2.22. The smallest absolute Gasteiger partial charge is 0.306 e. The number of hydrogen-bond acceptors (Lipinski definition) is 5. The summed E-state index contributed by atoms with van der Waals surface area (Å²) in [5.41, 5.74) is -0.823. The van der Waals surface area contributed by atoms with Gasteiger partial charge in [-0.15, -0.1) is 0 Å². The first-order chi connectivity index (χ1) is 9.91. The maximum absolute atomic E-state index is 13.3. The van der Waals surface area contributed by atoms with Crippen LogP contribution in [0.1, 0.15) is 6.42 Å². The van der Waals surface area contributed by atoms with Gasteiger partial charge in [0.05, 0.1) is 9.82 Å². The fraction of sp³-hybridized carbons (Fsp3) is 0.500. The highest BCUT2D eigenvalue weighted by atomic mass is 32.2. The Hall–Kier alpha value is -1.58. The summed E-state index contributed by atoms with van der Waals surface area (Å²) in [7, 11) is -3.84. The molecule has 9 heteroatoms. The van der Waals surface area contributed by atoms with Gasteiger partial charge in [-0.05, 0) is 31.0 Å². The van der Waals surface area contributed by atoms with E-state index in [0.717, 1.165) is 31.2 Å². The van der Waals surface area contributed by atoms with Gasteiger partial charge in [-0.25, -0.2) is 8.42 Å². The van der Waals surface area contributed by atoms with Crippen molar-refractivity contribution >= 4 is 15.7 Å². The Morgan fingerprint density at radius 2 is 2.14 bits per heavy atom. The summed E-state index contributed by atoms with van der Waals surface area (Å²) in [6.45, 7) is 1.75. The Morgan fingerprint density at radius 3 is 2.86 bits per heavy atom. The van der Waals surface area contributed by atoms with Crippen molar-refractivity contribution in [1.82, 2.24) is 9.62 Å². The number of sulfonamides is 1. The quantitative estimate of drug-likeness (QED) is 0.655. The molecule has 21 heavy (non-hydrogen) atoms. The lowest BCUT2D eigenvalue weighted by atomic mass is 10.1. The van der Waals surface area contributed by atoms with Gasteiger partial charge < -0.3 is 5.32 Å². The summed E-state index contributed by atoms with van der Waals surface area (Å²) < 4.78 is 39.9. The third-order valence-electron chi connectivity index (χ3n) is 4.12. The van der Waals surface area contributed by atoms with Gasteiger partial charge in [-0.3, -0.25) is 10.1 Å². The highest BCUT2D eigenvalue weighted by molar-refractivity contribution is 7.89. The predicted octanol–water partition coefficient (Wildman–Crippen LogP) is 0.716. The van der Waals surface area contributed by atoms with Crippen molar-refractivity contribution in [3.05, 3.63) is 34.1 Å². The average Bonchev–Trinajstić information content (AvgIpc) is 3.00. The van der Waals surface area contributed by atoms with Crippen LogP contribution in [0, 0.1) is 21.8 Å². The molecule has 0 amide bonds. The van der Waals surface area contributed by atoms with Crippen molar-refractivity contribution in [3.8, 4) is 0 Å². The second-order valence-corrected chi connectivity index (χ2v) is 7.15. The molecule has 2 fully saturated rings. The van der Waals surface area contributed by atoms with E-state index in [-0.39, 0.29) is 16.9 Å². The number of benzene rings is 1. The Labute approximate surface area is 120 Å². The number of fused-ring (bicyclic) bond motifs is 1. The van der Waals surface area contributed by atoms with Crippen LogP contribution in [-0.2, 0) is 10.0 Å². The number of nitrogens with zero attached hydrogens (tertiary/aromatic N) is 2. The number of nitro groups is 1. The standard InChI is InChI=1S/C12H14FN3O4S/c13-10-2-1-9(5-11(10)16(17)18)21(19,20)15-4-3-8-6-14-7-12(8)15/h1-2,5,8,12,14H,3-4,6-7H2/t8-,12+/m0/s1. The zero-order chi connectivity index (χ0) is 15.2.